The van der Waals surface area contributed by atoms with Crippen molar-refractivity contribution >= 4 is 0 Å². The third kappa shape index (κ3) is 3.29. The molecule has 1 aromatic rings. The van der Waals surface area contributed by atoms with Gasteiger partial charge in [0.05, 0.1) is 0 Å². The van der Waals surface area contributed by atoms with Gasteiger partial charge in [-0.3, -0.25) is 0 Å². The highest BCUT2D eigenvalue weighted by atomic mass is 19.2. The second-order valence-corrected chi connectivity index (χ2v) is 5.17. The van der Waals surface area contributed by atoms with Crippen molar-refractivity contribution in [3.63, 3.8) is 0 Å². The Labute approximate surface area is 107 Å². The molecule has 1 aliphatic carbocycles. The summed E-state index contributed by atoms with van der Waals surface area (Å²) < 4.78 is 31.2. The first kappa shape index (κ1) is 13.5. The lowest BCUT2D eigenvalue weighted by Gasteiger charge is -2.28. The minimum atomic E-state index is -0.757. The molecule has 0 bridgehead atoms. The number of halogens is 2. The van der Waals surface area contributed by atoms with Crippen LogP contribution in [0.2, 0.25) is 0 Å². The van der Waals surface area contributed by atoms with Gasteiger partial charge in [-0.05, 0) is 61.6 Å². The molecule has 0 N–H and O–H groups in total. The van der Waals surface area contributed by atoms with E-state index in [1.165, 1.54) is 12.1 Å². The van der Waals surface area contributed by atoms with Crippen LogP contribution in [0.4, 0.5) is 8.78 Å². The van der Waals surface area contributed by atoms with Gasteiger partial charge in [0.2, 0.25) is 0 Å². The molecule has 1 saturated carbocycles. The van der Waals surface area contributed by atoms with Crippen LogP contribution in [0.3, 0.4) is 0 Å². The fraction of sp³-hybridized carbons (Fsp3) is 0.600. The molecule has 0 radical (unpaired) electrons. The van der Waals surface area contributed by atoms with Crippen LogP contribution >= 0.6 is 0 Å². The molecular formula is C15H20F2O. The van der Waals surface area contributed by atoms with Crippen LogP contribution in [0.5, 0.6) is 0 Å². The Kier molecular flexibility index (Phi) is 4.70. The van der Waals surface area contributed by atoms with Crippen LogP contribution in [-0.4, -0.2) is 13.7 Å². The Hall–Kier alpha value is -0.960. The SMILES string of the molecule is COCCC1CCC(c2ccc(F)c(F)c2)CC1. The van der Waals surface area contributed by atoms with E-state index in [9.17, 15) is 8.78 Å². The van der Waals surface area contributed by atoms with E-state index in [2.05, 4.69) is 0 Å². The van der Waals surface area contributed by atoms with Crippen LogP contribution in [0, 0.1) is 17.6 Å². The summed E-state index contributed by atoms with van der Waals surface area (Å²) in [5, 5.41) is 0. The maximum Gasteiger partial charge on any atom is 0.159 e. The molecule has 0 saturated heterocycles. The maximum atomic E-state index is 13.2. The molecule has 3 heteroatoms. The molecular weight excluding hydrogens is 234 g/mol. The Balaban J connectivity index is 1.90. The first-order valence-electron chi connectivity index (χ1n) is 6.64. The second kappa shape index (κ2) is 6.28. The monoisotopic (exact) mass is 254 g/mol. The Morgan fingerprint density at radius 3 is 2.44 bits per heavy atom. The molecule has 0 heterocycles. The predicted octanol–water partition coefficient (Wildman–Crippen LogP) is 4.28. The number of hydrogen-bond acceptors (Lipinski definition) is 1. The fourth-order valence-electron chi connectivity index (χ4n) is 2.84. The predicted molar refractivity (Wildman–Crippen MR) is 67.6 cm³/mol. The molecule has 0 atom stereocenters. The average molecular weight is 254 g/mol. The van der Waals surface area contributed by atoms with Gasteiger partial charge in [-0.1, -0.05) is 6.07 Å². The first-order valence-corrected chi connectivity index (χ1v) is 6.64. The molecule has 0 unspecified atom stereocenters. The second-order valence-electron chi connectivity index (χ2n) is 5.17. The minimum absolute atomic E-state index is 0.388. The zero-order valence-electron chi connectivity index (χ0n) is 10.8. The molecule has 1 fully saturated rings. The lowest BCUT2D eigenvalue weighted by molar-refractivity contribution is 0.163. The highest BCUT2D eigenvalue weighted by Crippen LogP contribution is 2.37. The fourth-order valence-corrected chi connectivity index (χ4v) is 2.84. The van der Waals surface area contributed by atoms with E-state index in [1.807, 2.05) is 0 Å². The minimum Gasteiger partial charge on any atom is -0.385 e. The molecule has 0 aliphatic heterocycles. The van der Waals surface area contributed by atoms with E-state index in [1.54, 1.807) is 13.2 Å². The topological polar surface area (TPSA) is 9.23 Å². The van der Waals surface area contributed by atoms with Crippen molar-refractivity contribution in [1.29, 1.82) is 0 Å². The Bertz CT molecular complexity index is 384. The Morgan fingerprint density at radius 2 is 1.83 bits per heavy atom. The molecule has 18 heavy (non-hydrogen) atoms. The number of methoxy groups -OCH3 is 1. The number of ether oxygens (including phenoxy) is 1. The molecule has 100 valence electrons. The van der Waals surface area contributed by atoms with Gasteiger partial charge in [0, 0.05) is 13.7 Å². The van der Waals surface area contributed by atoms with Crippen molar-refractivity contribution in [2.45, 2.75) is 38.0 Å². The van der Waals surface area contributed by atoms with E-state index < -0.39 is 11.6 Å². The largest absolute Gasteiger partial charge is 0.385 e. The first-order chi connectivity index (χ1) is 8.70. The van der Waals surface area contributed by atoms with Gasteiger partial charge in [-0.25, -0.2) is 8.78 Å². The van der Waals surface area contributed by atoms with Gasteiger partial charge >= 0.3 is 0 Å². The van der Waals surface area contributed by atoms with Crippen molar-refractivity contribution in [3.05, 3.63) is 35.4 Å². The summed E-state index contributed by atoms with van der Waals surface area (Å²) in [7, 11) is 1.73. The normalized spacial score (nSPS) is 24.2. The lowest BCUT2D eigenvalue weighted by atomic mass is 9.77. The standard InChI is InChI=1S/C15H20F2O/c1-18-9-8-11-2-4-12(5-3-11)13-6-7-14(16)15(17)10-13/h6-7,10-12H,2-5,8-9H2,1H3. The van der Waals surface area contributed by atoms with Crippen LogP contribution in [0.1, 0.15) is 43.6 Å². The zero-order valence-corrected chi connectivity index (χ0v) is 10.8. The van der Waals surface area contributed by atoms with Crippen LogP contribution < -0.4 is 0 Å². The van der Waals surface area contributed by atoms with Crippen LogP contribution in [0.15, 0.2) is 18.2 Å². The quantitative estimate of drug-likeness (QED) is 0.779. The molecule has 0 aromatic heterocycles. The third-order valence-electron chi connectivity index (χ3n) is 3.99. The lowest BCUT2D eigenvalue weighted by Crippen LogP contribution is -2.15. The van der Waals surface area contributed by atoms with E-state index in [0.717, 1.165) is 50.2 Å². The van der Waals surface area contributed by atoms with Gasteiger partial charge in [0.25, 0.3) is 0 Å². The molecule has 1 aromatic carbocycles. The number of hydrogen-bond donors (Lipinski definition) is 0. The summed E-state index contributed by atoms with van der Waals surface area (Å²) in [6, 6.07) is 4.32. The zero-order chi connectivity index (χ0) is 13.0. The third-order valence-corrected chi connectivity index (χ3v) is 3.99. The summed E-state index contributed by atoms with van der Waals surface area (Å²) in [5.41, 5.74) is 0.944. The van der Waals surface area contributed by atoms with Crippen molar-refractivity contribution in [2.75, 3.05) is 13.7 Å². The summed E-state index contributed by atoms with van der Waals surface area (Å²) in [6.45, 7) is 0.820. The highest BCUT2D eigenvalue weighted by molar-refractivity contribution is 5.22. The van der Waals surface area contributed by atoms with Crippen LogP contribution in [-0.2, 0) is 4.74 Å². The van der Waals surface area contributed by atoms with E-state index >= 15 is 0 Å². The van der Waals surface area contributed by atoms with Gasteiger partial charge in [0.1, 0.15) is 0 Å². The molecule has 1 aliphatic rings. The maximum absolute atomic E-state index is 13.2. The van der Waals surface area contributed by atoms with Gasteiger partial charge < -0.3 is 4.74 Å². The summed E-state index contributed by atoms with van der Waals surface area (Å²) in [5.74, 6) is -0.369. The summed E-state index contributed by atoms with van der Waals surface area (Å²) in [4.78, 5) is 0. The van der Waals surface area contributed by atoms with Crippen molar-refractivity contribution in [3.8, 4) is 0 Å². The van der Waals surface area contributed by atoms with Gasteiger partial charge in [-0.15, -0.1) is 0 Å². The van der Waals surface area contributed by atoms with Crippen molar-refractivity contribution in [1.82, 2.24) is 0 Å². The molecule has 1 nitrogen and oxygen atoms in total. The molecule has 0 amide bonds. The number of benzene rings is 1. The van der Waals surface area contributed by atoms with Crippen molar-refractivity contribution < 1.29 is 13.5 Å². The van der Waals surface area contributed by atoms with E-state index in [4.69, 9.17) is 4.74 Å². The van der Waals surface area contributed by atoms with Crippen LogP contribution in [0.25, 0.3) is 0 Å². The summed E-state index contributed by atoms with van der Waals surface area (Å²) in [6.07, 6.45) is 5.57. The van der Waals surface area contributed by atoms with Gasteiger partial charge in [0.15, 0.2) is 11.6 Å². The molecule has 0 spiro atoms. The Morgan fingerprint density at radius 1 is 1.11 bits per heavy atom. The van der Waals surface area contributed by atoms with Crippen molar-refractivity contribution in [2.24, 2.45) is 5.92 Å². The van der Waals surface area contributed by atoms with E-state index in [-0.39, 0.29) is 0 Å². The molecule has 2 rings (SSSR count). The average Bonchev–Trinajstić information content (AvgIpc) is 2.40. The van der Waals surface area contributed by atoms with Gasteiger partial charge in [-0.2, -0.15) is 0 Å². The smallest absolute Gasteiger partial charge is 0.159 e. The van der Waals surface area contributed by atoms with E-state index in [0.29, 0.717) is 5.92 Å². The highest BCUT2D eigenvalue weighted by Gasteiger charge is 2.22. The number of rotatable bonds is 4. The summed E-state index contributed by atoms with van der Waals surface area (Å²) >= 11 is 0.